The minimum atomic E-state index is -0.0836. The van der Waals surface area contributed by atoms with Crippen molar-refractivity contribution in [1.29, 1.82) is 0 Å². The topological polar surface area (TPSA) is 55.1 Å². The van der Waals surface area contributed by atoms with Gasteiger partial charge in [0.05, 0.1) is 6.04 Å². The summed E-state index contributed by atoms with van der Waals surface area (Å²) < 4.78 is 1.01. The Morgan fingerprint density at radius 2 is 2.06 bits per heavy atom. The van der Waals surface area contributed by atoms with E-state index >= 15 is 0 Å². The SMILES string of the molecule is CC(NC(=O)CC(N)C(C)C)c1cccc(Br)c1. The van der Waals surface area contributed by atoms with E-state index in [2.05, 4.69) is 21.2 Å². The highest BCUT2D eigenvalue weighted by Crippen LogP contribution is 2.18. The number of hydrogen-bond donors (Lipinski definition) is 2. The molecule has 1 amide bonds. The summed E-state index contributed by atoms with van der Waals surface area (Å²) in [6, 6.07) is 7.84. The second kappa shape index (κ2) is 6.90. The molecule has 18 heavy (non-hydrogen) atoms. The minimum absolute atomic E-state index is 0.00340. The van der Waals surface area contributed by atoms with Gasteiger partial charge in [0.2, 0.25) is 5.91 Å². The Hall–Kier alpha value is -0.870. The number of amides is 1. The Kier molecular flexibility index (Phi) is 5.82. The highest BCUT2D eigenvalue weighted by Gasteiger charge is 2.15. The minimum Gasteiger partial charge on any atom is -0.350 e. The molecule has 0 aromatic heterocycles. The fourth-order valence-electron chi connectivity index (χ4n) is 1.61. The molecule has 3 N–H and O–H groups in total. The second-order valence-corrected chi connectivity index (χ2v) is 5.87. The van der Waals surface area contributed by atoms with Gasteiger partial charge in [-0.1, -0.05) is 41.9 Å². The van der Waals surface area contributed by atoms with Crippen LogP contribution in [0.4, 0.5) is 0 Å². The van der Waals surface area contributed by atoms with Gasteiger partial charge in [-0.3, -0.25) is 4.79 Å². The molecule has 100 valence electrons. The maximum Gasteiger partial charge on any atom is 0.222 e. The standard InChI is InChI=1S/C14H21BrN2O/c1-9(2)13(16)8-14(18)17-10(3)11-5-4-6-12(15)7-11/h4-7,9-10,13H,8,16H2,1-3H3,(H,17,18). The summed E-state index contributed by atoms with van der Waals surface area (Å²) in [6.07, 6.45) is 0.371. The van der Waals surface area contributed by atoms with E-state index < -0.39 is 0 Å². The Bertz CT molecular complexity index is 407. The molecule has 0 heterocycles. The van der Waals surface area contributed by atoms with Crippen LogP contribution in [0.25, 0.3) is 0 Å². The van der Waals surface area contributed by atoms with Crippen molar-refractivity contribution in [1.82, 2.24) is 5.32 Å². The molecule has 1 aromatic rings. The summed E-state index contributed by atoms with van der Waals surface area (Å²) in [5.74, 6) is 0.320. The van der Waals surface area contributed by atoms with Crippen LogP contribution in [0.1, 0.15) is 38.8 Å². The van der Waals surface area contributed by atoms with Crippen molar-refractivity contribution in [2.45, 2.75) is 39.3 Å². The maximum absolute atomic E-state index is 11.8. The maximum atomic E-state index is 11.8. The summed E-state index contributed by atoms with van der Waals surface area (Å²) in [5.41, 5.74) is 6.97. The largest absolute Gasteiger partial charge is 0.350 e. The number of nitrogens with two attached hydrogens (primary N) is 1. The van der Waals surface area contributed by atoms with Gasteiger partial charge in [0.1, 0.15) is 0 Å². The smallest absolute Gasteiger partial charge is 0.222 e. The lowest BCUT2D eigenvalue weighted by Gasteiger charge is -2.18. The van der Waals surface area contributed by atoms with E-state index in [0.717, 1.165) is 10.0 Å². The van der Waals surface area contributed by atoms with Gasteiger partial charge in [-0.05, 0) is 30.5 Å². The van der Waals surface area contributed by atoms with E-state index in [-0.39, 0.29) is 18.0 Å². The van der Waals surface area contributed by atoms with Gasteiger partial charge in [0.15, 0.2) is 0 Å². The van der Waals surface area contributed by atoms with Crippen LogP contribution in [0.15, 0.2) is 28.7 Å². The molecule has 0 saturated heterocycles. The van der Waals surface area contributed by atoms with E-state index in [4.69, 9.17) is 5.73 Å². The third kappa shape index (κ3) is 4.78. The number of halogens is 1. The Morgan fingerprint density at radius 3 is 2.61 bits per heavy atom. The molecule has 2 unspecified atom stereocenters. The zero-order valence-electron chi connectivity index (χ0n) is 11.1. The summed E-state index contributed by atoms with van der Waals surface area (Å²) in [6.45, 7) is 6.02. The molecule has 0 spiro atoms. The number of nitrogens with one attached hydrogen (secondary N) is 1. The zero-order valence-corrected chi connectivity index (χ0v) is 12.7. The monoisotopic (exact) mass is 312 g/mol. The molecular formula is C14H21BrN2O. The van der Waals surface area contributed by atoms with E-state index in [1.54, 1.807) is 0 Å². The van der Waals surface area contributed by atoms with Crippen molar-refractivity contribution >= 4 is 21.8 Å². The van der Waals surface area contributed by atoms with Gasteiger partial charge in [0, 0.05) is 16.9 Å². The van der Waals surface area contributed by atoms with Crippen LogP contribution in [0, 0.1) is 5.92 Å². The van der Waals surface area contributed by atoms with Crippen molar-refractivity contribution in [2.75, 3.05) is 0 Å². The number of rotatable bonds is 5. The third-order valence-electron chi connectivity index (χ3n) is 3.00. The first-order valence-corrected chi connectivity index (χ1v) is 7.00. The molecule has 0 aliphatic carbocycles. The summed E-state index contributed by atoms with van der Waals surface area (Å²) >= 11 is 3.42. The molecule has 0 saturated carbocycles. The molecule has 0 bridgehead atoms. The predicted molar refractivity (Wildman–Crippen MR) is 78.1 cm³/mol. The Morgan fingerprint density at radius 1 is 1.39 bits per heavy atom. The van der Waals surface area contributed by atoms with Gasteiger partial charge >= 0.3 is 0 Å². The normalized spacial score (nSPS) is 14.3. The van der Waals surface area contributed by atoms with Gasteiger partial charge in [-0.25, -0.2) is 0 Å². The van der Waals surface area contributed by atoms with Crippen molar-refractivity contribution in [2.24, 2.45) is 11.7 Å². The van der Waals surface area contributed by atoms with Crippen LogP contribution in [0.3, 0.4) is 0 Å². The summed E-state index contributed by atoms with van der Waals surface area (Å²) in [5, 5.41) is 2.97. The lowest BCUT2D eigenvalue weighted by molar-refractivity contribution is -0.122. The van der Waals surface area contributed by atoms with E-state index in [1.165, 1.54) is 0 Å². The Labute approximate surface area is 117 Å². The predicted octanol–water partition coefficient (Wildman–Crippen LogP) is 3.00. The first kappa shape index (κ1) is 15.2. The summed E-state index contributed by atoms with van der Waals surface area (Å²) in [7, 11) is 0. The lowest BCUT2D eigenvalue weighted by Crippen LogP contribution is -2.35. The van der Waals surface area contributed by atoms with Gasteiger partial charge < -0.3 is 11.1 Å². The molecule has 1 rings (SSSR count). The molecule has 0 fully saturated rings. The third-order valence-corrected chi connectivity index (χ3v) is 3.50. The van der Waals surface area contributed by atoms with Crippen LogP contribution in [-0.2, 0) is 4.79 Å². The average molecular weight is 313 g/mol. The first-order chi connectivity index (χ1) is 8.40. The zero-order chi connectivity index (χ0) is 13.7. The van der Waals surface area contributed by atoms with Crippen LogP contribution in [-0.4, -0.2) is 11.9 Å². The van der Waals surface area contributed by atoms with E-state index in [1.807, 2.05) is 45.0 Å². The van der Waals surface area contributed by atoms with Gasteiger partial charge in [-0.2, -0.15) is 0 Å². The van der Waals surface area contributed by atoms with Crippen LogP contribution < -0.4 is 11.1 Å². The number of carbonyl (C=O) groups is 1. The van der Waals surface area contributed by atoms with Crippen molar-refractivity contribution < 1.29 is 4.79 Å². The fraction of sp³-hybridized carbons (Fsp3) is 0.500. The Balaban J connectivity index is 2.54. The molecule has 4 heteroatoms. The van der Waals surface area contributed by atoms with Gasteiger partial charge in [-0.15, -0.1) is 0 Å². The molecule has 1 aromatic carbocycles. The molecule has 0 aliphatic rings. The summed E-state index contributed by atoms with van der Waals surface area (Å²) in [4.78, 5) is 11.8. The molecular weight excluding hydrogens is 292 g/mol. The van der Waals surface area contributed by atoms with Crippen LogP contribution in [0.2, 0.25) is 0 Å². The van der Waals surface area contributed by atoms with Crippen molar-refractivity contribution in [3.05, 3.63) is 34.3 Å². The number of benzene rings is 1. The molecule has 2 atom stereocenters. The highest BCUT2D eigenvalue weighted by molar-refractivity contribution is 9.10. The van der Waals surface area contributed by atoms with Gasteiger partial charge in [0.25, 0.3) is 0 Å². The lowest BCUT2D eigenvalue weighted by atomic mass is 10.0. The van der Waals surface area contributed by atoms with Crippen molar-refractivity contribution in [3.63, 3.8) is 0 Å². The molecule has 0 aliphatic heterocycles. The van der Waals surface area contributed by atoms with Crippen molar-refractivity contribution in [3.8, 4) is 0 Å². The number of hydrogen-bond acceptors (Lipinski definition) is 2. The first-order valence-electron chi connectivity index (χ1n) is 6.20. The quantitative estimate of drug-likeness (QED) is 0.878. The second-order valence-electron chi connectivity index (χ2n) is 4.96. The molecule has 0 radical (unpaired) electrons. The van der Waals surface area contributed by atoms with Crippen LogP contribution >= 0.6 is 15.9 Å². The van der Waals surface area contributed by atoms with Crippen LogP contribution in [0.5, 0.6) is 0 Å². The average Bonchev–Trinajstić information content (AvgIpc) is 2.28. The highest BCUT2D eigenvalue weighted by atomic mass is 79.9. The van der Waals surface area contributed by atoms with E-state index in [0.29, 0.717) is 12.3 Å². The molecule has 3 nitrogen and oxygen atoms in total. The fourth-order valence-corrected chi connectivity index (χ4v) is 2.03. The van der Waals surface area contributed by atoms with E-state index in [9.17, 15) is 4.79 Å². The number of carbonyl (C=O) groups excluding carboxylic acids is 1.